The van der Waals surface area contributed by atoms with E-state index in [0.717, 1.165) is 4.68 Å². The zero-order valence-electron chi connectivity index (χ0n) is 4.88. The Hall–Kier alpha value is -1.50. The van der Waals surface area contributed by atoms with Gasteiger partial charge in [-0.15, -0.1) is 11.5 Å². The topological polar surface area (TPSA) is 50.7 Å². The number of aromatic nitrogens is 3. The van der Waals surface area contributed by atoms with Gasteiger partial charge in [-0.3, -0.25) is 4.98 Å². The standard InChI is InChI=1S/C5H5N3O/c1-3-4-6-5(9)8(2)7-4/h1H,2H3,(H,6,7,9). The summed E-state index contributed by atoms with van der Waals surface area (Å²) >= 11 is 0. The first-order chi connectivity index (χ1) is 4.24. The van der Waals surface area contributed by atoms with Crippen molar-refractivity contribution in [3.05, 3.63) is 16.3 Å². The van der Waals surface area contributed by atoms with E-state index >= 15 is 0 Å². The molecule has 0 aliphatic carbocycles. The smallest absolute Gasteiger partial charge is 0.282 e. The number of nitrogens with zero attached hydrogens (tertiary/aromatic N) is 2. The number of aryl methyl sites for hydroxylation is 1. The van der Waals surface area contributed by atoms with Gasteiger partial charge >= 0.3 is 5.69 Å². The highest BCUT2D eigenvalue weighted by Crippen LogP contribution is 1.74. The molecule has 0 fully saturated rings. The first-order valence-electron chi connectivity index (χ1n) is 2.34. The second kappa shape index (κ2) is 1.78. The van der Waals surface area contributed by atoms with E-state index in [-0.39, 0.29) is 11.5 Å². The Bertz CT molecular complexity index is 301. The van der Waals surface area contributed by atoms with Gasteiger partial charge in [0.05, 0.1) is 0 Å². The van der Waals surface area contributed by atoms with Crippen LogP contribution in [0.1, 0.15) is 5.82 Å². The molecule has 0 radical (unpaired) electrons. The molecule has 9 heavy (non-hydrogen) atoms. The number of hydrogen-bond donors (Lipinski definition) is 1. The third-order valence-electron chi connectivity index (χ3n) is 0.906. The largest absolute Gasteiger partial charge is 0.343 e. The Labute approximate surface area is 51.5 Å². The van der Waals surface area contributed by atoms with Gasteiger partial charge in [-0.2, -0.15) is 0 Å². The Morgan fingerprint density at radius 2 is 2.56 bits per heavy atom. The highest BCUT2D eigenvalue weighted by molar-refractivity contribution is 5.12. The minimum atomic E-state index is -0.289. The zero-order chi connectivity index (χ0) is 6.85. The van der Waals surface area contributed by atoms with Crippen molar-refractivity contribution in [2.24, 2.45) is 7.05 Å². The van der Waals surface area contributed by atoms with E-state index in [9.17, 15) is 4.79 Å². The maximum Gasteiger partial charge on any atom is 0.343 e. The molecule has 0 saturated carbocycles. The molecule has 0 unspecified atom stereocenters. The monoisotopic (exact) mass is 123 g/mol. The summed E-state index contributed by atoms with van der Waals surface area (Å²) in [6.45, 7) is 0. The molecule has 0 aliphatic rings. The van der Waals surface area contributed by atoms with E-state index in [4.69, 9.17) is 6.42 Å². The Morgan fingerprint density at radius 3 is 2.78 bits per heavy atom. The van der Waals surface area contributed by atoms with Crippen LogP contribution in [0.3, 0.4) is 0 Å². The van der Waals surface area contributed by atoms with E-state index in [1.807, 2.05) is 0 Å². The average molecular weight is 123 g/mol. The Kier molecular flexibility index (Phi) is 1.12. The minimum absolute atomic E-state index is 0.266. The quantitative estimate of drug-likeness (QED) is 0.454. The van der Waals surface area contributed by atoms with Crippen molar-refractivity contribution in [3.8, 4) is 12.3 Å². The highest BCUT2D eigenvalue weighted by atomic mass is 16.1. The van der Waals surface area contributed by atoms with E-state index < -0.39 is 0 Å². The fraction of sp³-hybridized carbons (Fsp3) is 0.200. The van der Waals surface area contributed by atoms with Crippen LogP contribution in [0.5, 0.6) is 0 Å². The van der Waals surface area contributed by atoms with Crippen molar-refractivity contribution in [2.75, 3.05) is 0 Å². The van der Waals surface area contributed by atoms with Gasteiger partial charge in [0.2, 0.25) is 5.82 Å². The van der Waals surface area contributed by atoms with Crippen LogP contribution in [-0.2, 0) is 7.05 Å². The lowest BCUT2D eigenvalue weighted by Crippen LogP contribution is -2.13. The van der Waals surface area contributed by atoms with Crippen molar-refractivity contribution >= 4 is 0 Å². The van der Waals surface area contributed by atoms with Crippen LogP contribution in [0, 0.1) is 12.3 Å². The first kappa shape index (κ1) is 5.63. The van der Waals surface area contributed by atoms with Gasteiger partial charge in [0.15, 0.2) is 0 Å². The molecule has 0 bridgehead atoms. The SMILES string of the molecule is C#Cc1nn(C)c(=O)[nH]1. The number of aromatic amines is 1. The predicted molar refractivity (Wildman–Crippen MR) is 31.8 cm³/mol. The number of H-pyrrole nitrogens is 1. The third kappa shape index (κ3) is 0.842. The molecular formula is C5H5N3O. The lowest BCUT2D eigenvalue weighted by atomic mass is 10.7. The molecule has 4 heteroatoms. The fourth-order valence-electron chi connectivity index (χ4n) is 0.468. The van der Waals surface area contributed by atoms with Crippen LogP contribution in [-0.4, -0.2) is 14.8 Å². The summed E-state index contributed by atoms with van der Waals surface area (Å²) in [5.41, 5.74) is -0.289. The molecule has 4 nitrogen and oxygen atoms in total. The number of rotatable bonds is 0. The summed E-state index contributed by atoms with van der Waals surface area (Å²) in [6.07, 6.45) is 4.94. The summed E-state index contributed by atoms with van der Waals surface area (Å²) in [5, 5.41) is 3.64. The fourth-order valence-corrected chi connectivity index (χ4v) is 0.468. The van der Waals surface area contributed by atoms with E-state index in [1.165, 1.54) is 7.05 Å². The van der Waals surface area contributed by atoms with Crippen LogP contribution < -0.4 is 5.69 Å². The second-order valence-electron chi connectivity index (χ2n) is 1.55. The molecular weight excluding hydrogens is 118 g/mol. The van der Waals surface area contributed by atoms with Gasteiger partial charge in [-0.1, -0.05) is 0 Å². The van der Waals surface area contributed by atoms with Crippen molar-refractivity contribution in [2.45, 2.75) is 0 Å². The molecule has 1 heterocycles. The predicted octanol–water partition coefficient (Wildman–Crippen LogP) is -0.910. The molecule has 1 rings (SSSR count). The van der Waals surface area contributed by atoms with Crippen LogP contribution in [0.4, 0.5) is 0 Å². The van der Waals surface area contributed by atoms with Gasteiger partial charge in [-0.05, 0) is 5.92 Å². The van der Waals surface area contributed by atoms with E-state index in [2.05, 4.69) is 16.0 Å². The van der Waals surface area contributed by atoms with Crippen molar-refractivity contribution < 1.29 is 0 Å². The van der Waals surface area contributed by atoms with E-state index in [0.29, 0.717) is 0 Å². The van der Waals surface area contributed by atoms with Gasteiger partial charge < -0.3 is 0 Å². The second-order valence-corrected chi connectivity index (χ2v) is 1.55. The van der Waals surface area contributed by atoms with Crippen LogP contribution in [0.15, 0.2) is 4.79 Å². The number of terminal acetylenes is 1. The molecule has 0 amide bonds. The normalized spacial score (nSPS) is 8.89. The van der Waals surface area contributed by atoms with Crippen LogP contribution >= 0.6 is 0 Å². The lowest BCUT2D eigenvalue weighted by Gasteiger charge is -1.75. The lowest BCUT2D eigenvalue weighted by molar-refractivity contribution is 0.732. The van der Waals surface area contributed by atoms with Gasteiger partial charge in [0.1, 0.15) is 0 Å². The van der Waals surface area contributed by atoms with Gasteiger partial charge in [0.25, 0.3) is 0 Å². The van der Waals surface area contributed by atoms with Crippen LogP contribution in [0.25, 0.3) is 0 Å². The molecule has 1 aromatic heterocycles. The van der Waals surface area contributed by atoms with Crippen molar-refractivity contribution in [1.29, 1.82) is 0 Å². The molecule has 0 aromatic carbocycles. The molecule has 46 valence electrons. The first-order valence-corrected chi connectivity index (χ1v) is 2.34. The summed E-state index contributed by atoms with van der Waals surface area (Å²) < 4.78 is 1.15. The highest BCUT2D eigenvalue weighted by Gasteiger charge is 1.94. The maximum absolute atomic E-state index is 10.5. The number of hydrogen-bond acceptors (Lipinski definition) is 2. The summed E-state index contributed by atoms with van der Waals surface area (Å²) in [4.78, 5) is 12.9. The minimum Gasteiger partial charge on any atom is -0.282 e. The van der Waals surface area contributed by atoms with Crippen molar-refractivity contribution in [1.82, 2.24) is 14.8 Å². The van der Waals surface area contributed by atoms with Crippen LogP contribution in [0.2, 0.25) is 0 Å². The Morgan fingerprint density at radius 1 is 1.89 bits per heavy atom. The summed E-state index contributed by atoms with van der Waals surface area (Å²) in [6, 6.07) is 0. The maximum atomic E-state index is 10.5. The van der Waals surface area contributed by atoms with Gasteiger partial charge in [0, 0.05) is 7.05 Å². The molecule has 0 atom stereocenters. The molecule has 0 spiro atoms. The average Bonchev–Trinajstić information content (AvgIpc) is 2.13. The van der Waals surface area contributed by atoms with Gasteiger partial charge in [-0.25, -0.2) is 9.48 Å². The molecule has 1 aromatic rings. The molecule has 0 saturated heterocycles. The zero-order valence-corrected chi connectivity index (χ0v) is 4.88. The third-order valence-corrected chi connectivity index (χ3v) is 0.906. The Balaban J connectivity index is 3.33. The summed E-state index contributed by atoms with van der Waals surface area (Å²) in [5.74, 6) is 2.47. The van der Waals surface area contributed by atoms with Crippen molar-refractivity contribution in [3.63, 3.8) is 0 Å². The number of nitrogens with one attached hydrogen (secondary N) is 1. The molecule has 0 aliphatic heterocycles. The molecule has 1 N–H and O–H groups in total. The summed E-state index contributed by atoms with van der Waals surface area (Å²) in [7, 11) is 1.53. The van der Waals surface area contributed by atoms with E-state index in [1.54, 1.807) is 0 Å².